The van der Waals surface area contributed by atoms with Crippen LogP contribution in [0.1, 0.15) is 78.9 Å². The average Bonchev–Trinajstić information content (AvgIpc) is 2.87. The Labute approximate surface area is 210 Å². The molecule has 0 saturated heterocycles. The number of rotatable bonds is 8. The van der Waals surface area contributed by atoms with Crippen LogP contribution in [0.5, 0.6) is 0 Å². The summed E-state index contributed by atoms with van der Waals surface area (Å²) in [5.74, 6) is 0.720. The summed E-state index contributed by atoms with van der Waals surface area (Å²) >= 11 is 0. The summed E-state index contributed by atoms with van der Waals surface area (Å²) < 4.78 is 0. The van der Waals surface area contributed by atoms with Crippen LogP contribution < -0.4 is 5.32 Å². The van der Waals surface area contributed by atoms with E-state index in [1.54, 1.807) is 6.92 Å². The molecule has 0 radical (unpaired) electrons. The van der Waals surface area contributed by atoms with Gasteiger partial charge in [-0.15, -0.1) is 0 Å². The minimum absolute atomic E-state index is 0.0495. The second kappa shape index (κ2) is 11.1. The van der Waals surface area contributed by atoms with Crippen LogP contribution in [0.3, 0.4) is 0 Å². The molecule has 1 aliphatic carbocycles. The van der Waals surface area contributed by atoms with E-state index >= 15 is 0 Å². The molecule has 0 aliphatic heterocycles. The first-order chi connectivity index (χ1) is 16.9. The van der Waals surface area contributed by atoms with Crippen LogP contribution >= 0.6 is 0 Å². The molecule has 184 valence electrons. The lowest BCUT2D eigenvalue weighted by Crippen LogP contribution is -2.29. The van der Waals surface area contributed by atoms with E-state index in [9.17, 15) is 4.79 Å². The van der Waals surface area contributed by atoms with Crippen LogP contribution in [0.25, 0.3) is 11.4 Å². The van der Waals surface area contributed by atoms with E-state index in [0.29, 0.717) is 12.6 Å². The highest BCUT2D eigenvalue weighted by molar-refractivity contribution is 5.73. The van der Waals surface area contributed by atoms with Crippen molar-refractivity contribution in [2.24, 2.45) is 0 Å². The fourth-order valence-corrected chi connectivity index (χ4v) is 5.40. The Morgan fingerprint density at radius 2 is 1.77 bits per heavy atom. The lowest BCUT2D eigenvalue weighted by Gasteiger charge is -2.34. The van der Waals surface area contributed by atoms with Gasteiger partial charge in [-0.1, -0.05) is 56.3 Å². The molecule has 5 heteroatoms. The molecule has 1 N–H and O–H groups in total. The molecule has 0 fully saturated rings. The molecule has 3 aromatic rings. The number of carbonyl (C=O) groups excluding carboxylic acids is 1. The Kier molecular flexibility index (Phi) is 7.97. The van der Waals surface area contributed by atoms with Crippen LogP contribution in [0.4, 0.5) is 0 Å². The number of carbonyl (C=O) groups is 1. The second-order valence-corrected chi connectivity index (χ2v) is 9.65. The summed E-state index contributed by atoms with van der Waals surface area (Å²) in [5.41, 5.74) is 9.57. The summed E-state index contributed by atoms with van der Waals surface area (Å²) in [6, 6.07) is 15.7. The van der Waals surface area contributed by atoms with Crippen molar-refractivity contribution < 1.29 is 4.79 Å². The van der Waals surface area contributed by atoms with Gasteiger partial charge in [-0.05, 0) is 68.3 Å². The molecule has 1 atom stereocenters. The average molecular weight is 471 g/mol. The van der Waals surface area contributed by atoms with Crippen molar-refractivity contribution in [3.63, 3.8) is 0 Å². The molecule has 1 unspecified atom stereocenters. The van der Waals surface area contributed by atoms with E-state index < -0.39 is 0 Å². The summed E-state index contributed by atoms with van der Waals surface area (Å²) in [7, 11) is 2.20. The standard InChI is InChI=1S/C30H38N4O/c1-6-22-13-10-14-23(7-2)29(22)30-32-20(3)26(27(33-30)18-31-21(4)35)19-34(5)28-17-11-15-24-12-8-9-16-25(24)28/h8-10,12-14,16,28H,6-7,11,15,17-19H2,1-5H3,(H,31,35). The number of nitrogens with one attached hydrogen (secondary N) is 1. The normalized spacial score (nSPS) is 15.2. The third kappa shape index (κ3) is 5.46. The summed E-state index contributed by atoms with van der Waals surface area (Å²) in [6.45, 7) is 9.15. The molecular weight excluding hydrogens is 432 g/mol. The quantitative estimate of drug-likeness (QED) is 0.457. The van der Waals surface area contributed by atoms with Gasteiger partial charge in [-0.3, -0.25) is 9.69 Å². The molecule has 1 aromatic heterocycles. The van der Waals surface area contributed by atoms with Crippen molar-refractivity contribution in [1.29, 1.82) is 0 Å². The molecule has 0 saturated carbocycles. The number of hydrogen-bond donors (Lipinski definition) is 1. The van der Waals surface area contributed by atoms with Gasteiger partial charge < -0.3 is 5.32 Å². The monoisotopic (exact) mass is 470 g/mol. The first kappa shape index (κ1) is 25.1. The fourth-order valence-electron chi connectivity index (χ4n) is 5.40. The lowest BCUT2D eigenvalue weighted by atomic mass is 9.87. The van der Waals surface area contributed by atoms with Crippen LogP contribution in [0.2, 0.25) is 0 Å². The fraction of sp³-hybridized carbons (Fsp3) is 0.433. The van der Waals surface area contributed by atoms with E-state index in [0.717, 1.165) is 60.6 Å². The summed E-state index contributed by atoms with van der Waals surface area (Å²) in [4.78, 5) is 24.4. The smallest absolute Gasteiger partial charge is 0.217 e. The van der Waals surface area contributed by atoms with Gasteiger partial charge in [-0.2, -0.15) is 0 Å². The van der Waals surface area contributed by atoms with E-state index in [1.807, 2.05) is 0 Å². The second-order valence-electron chi connectivity index (χ2n) is 9.65. The van der Waals surface area contributed by atoms with Crippen molar-refractivity contribution in [1.82, 2.24) is 20.2 Å². The Bertz CT molecular complexity index is 1180. The maximum Gasteiger partial charge on any atom is 0.217 e. The predicted molar refractivity (Wildman–Crippen MR) is 142 cm³/mol. The van der Waals surface area contributed by atoms with Crippen molar-refractivity contribution >= 4 is 5.91 Å². The number of aryl methyl sites for hydroxylation is 4. The number of nitrogens with zero attached hydrogens (tertiary/aromatic N) is 3. The highest BCUT2D eigenvalue weighted by Gasteiger charge is 2.25. The summed E-state index contributed by atoms with van der Waals surface area (Å²) in [5, 5.41) is 2.99. The van der Waals surface area contributed by atoms with Gasteiger partial charge in [0.25, 0.3) is 0 Å². The molecule has 1 aliphatic rings. The molecule has 1 heterocycles. The Hall–Kier alpha value is -3.05. The third-order valence-electron chi connectivity index (χ3n) is 7.30. The topological polar surface area (TPSA) is 58.1 Å². The molecule has 4 rings (SSSR count). The van der Waals surface area contributed by atoms with Crippen LogP contribution in [0, 0.1) is 6.92 Å². The largest absolute Gasteiger partial charge is 0.351 e. The van der Waals surface area contributed by atoms with Gasteiger partial charge in [0, 0.05) is 36.3 Å². The number of hydrogen-bond acceptors (Lipinski definition) is 4. The van der Waals surface area contributed by atoms with E-state index in [-0.39, 0.29) is 5.91 Å². The number of aromatic nitrogens is 2. The summed E-state index contributed by atoms with van der Waals surface area (Å²) in [6.07, 6.45) is 5.36. The molecular formula is C30H38N4O. The van der Waals surface area contributed by atoms with Crippen molar-refractivity contribution in [2.45, 2.75) is 78.9 Å². The predicted octanol–water partition coefficient (Wildman–Crippen LogP) is 5.72. The maximum absolute atomic E-state index is 11.8. The number of fused-ring (bicyclic) bond motifs is 1. The molecule has 0 spiro atoms. The molecule has 1 amide bonds. The zero-order chi connectivity index (χ0) is 24.9. The van der Waals surface area contributed by atoms with Gasteiger partial charge in [0.15, 0.2) is 5.82 Å². The van der Waals surface area contributed by atoms with Crippen LogP contribution in [-0.4, -0.2) is 27.8 Å². The SMILES string of the molecule is CCc1cccc(CC)c1-c1nc(C)c(CN(C)C2CCCc3ccccc32)c(CNC(C)=O)n1. The molecule has 5 nitrogen and oxygen atoms in total. The Morgan fingerprint density at radius 3 is 2.46 bits per heavy atom. The van der Waals surface area contributed by atoms with Gasteiger partial charge >= 0.3 is 0 Å². The van der Waals surface area contributed by atoms with Gasteiger partial charge in [-0.25, -0.2) is 9.97 Å². The first-order valence-electron chi connectivity index (χ1n) is 12.9. The van der Waals surface area contributed by atoms with E-state index in [1.165, 1.54) is 28.7 Å². The number of benzene rings is 2. The van der Waals surface area contributed by atoms with E-state index in [2.05, 4.69) is 80.5 Å². The highest BCUT2D eigenvalue weighted by Crippen LogP contribution is 2.35. The maximum atomic E-state index is 11.8. The third-order valence-corrected chi connectivity index (χ3v) is 7.30. The van der Waals surface area contributed by atoms with Crippen LogP contribution in [0.15, 0.2) is 42.5 Å². The zero-order valence-electron chi connectivity index (χ0n) is 21.8. The zero-order valence-corrected chi connectivity index (χ0v) is 21.8. The van der Waals surface area contributed by atoms with Gasteiger partial charge in [0.2, 0.25) is 5.91 Å². The lowest BCUT2D eigenvalue weighted by molar-refractivity contribution is -0.119. The minimum atomic E-state index is -0.0495. The van der Waals surface area contributed by atoms with Crippen molar-refractivity contribution in [3.8, 4) is 11.4 Å². The van der Waals surface area contributed by atoms with E-state index in [4.69, 9.17) is 9.97 Å². The van der Waals surface area contributed by atoms with Crippen molar-refractivity contribution in [2.75, 3.05) is 7.05 Å². The minimum Gasteiger partial charge on any atom is -0.351 e. The number of amides is 1. The molecule has 0 bridgehead atoms. The van der Waals surface area contributed by atoms with Gasteiger partial charge in [0.05, 0.1) is 12.2 Å². The van der Waals surface area contributed by atoms with Crippen LogP contribution in [-0.2, 0) is 37.1 Å². The molecule has 2 aromatic carbocycles. The molecule has 35 heavy (non-hydrogen) atoms. The first-order valence-corrected chi connectivity index (χ1v) is 12.9. The van der Waals surface area contributed by atoms with Gasteiger partial charge in [0.1, 0.15) is 0 Å². The Balaban J connectivity index is 1.74. The van der Waals surface area contributed by atoms with Crippen molar-refractivity contribution in [3.05, 3.63) is 81.7 Å². The highest BCUT2D eigenvalue weighted by atomic mass is 16.1. The Morgan fingerprint density at radius 1 is 1.06 bits per heavy atom.